The summed E-state index contributed by atoms with van der Waals surface area (Å²) in [5.41, 5.74) is 0.889. The van der Waals surface area contributed by atoms with Gasteiger partial charge in [0.1, 0.15) is 0 Å². The van der Waals surface area contributed by atoms with E-state index in [4.69, 9.17) is 16.7 Å². The lowest BCUT2D eigenvalue weighted by atomic mass is 10.1. The van der Waals surface area contributed by atoms with Crippen LogP contribution in [0.4, 0.5) is 0 Å². The number of carboxylic acids is 1. The van der Waals surface area contributed by atoms with Gasteiger partial charge in [0.15, 0.2) is 0 Å². The summed E-state index contributed by atoms with van der Waals surface area (Å²) in [7, 11) is 0. The van der Waals surface area contributed by atoms with Crippen molar-refractivity contribution >= 4 is 45.1 Å². The molecule has 1 heterocycles. The van der Waals surface area contributed by atoms with Gasteiger partial charge in [-0.25, -0.2) is 4.79 Å². The van der Waals surface area contributed by atoms with Crippen molar-refractivity contribution in [2.24, 2.45) is 0 Å². The van der Waals surface area contributed by atoms with Gasteiger partial charge in [0.05, 0.1) is 0 Å². The van der Waals surface area contributed by atoms with Crippen LogP contribution < -0.4 is 0 Å². The van der Waals surface area contributed by atoms with E-state index in [9.17, 15) is 4.79 Å². The first-order chi connectivity index (χ1) is 7.16. The van der Waals surface area contributed by atoms with E-state index in [1.165, 1.54) is 0 Å². The highest BCUT2D eigenvalue weighted by Crippen LogP contribution is 2.29. The lowest BCUT2D eigenvalue weighted by molar-refractivity contribution is -0.131. The Morgan fingerprint density at radius 1 is 1.47 bits per heavy atom. The first kappa shape index (κ1) is 10.2. The third-order valence-electron chi connectivity index (χ3n) is 1.97. The maximum absolute atomic E-state index is 10.4. The number of thiophene rings is 1. The lowest BCUT2D eigenvalue weighted by Gasteiger charge is -1.92. The van der Waals surface area contributed by atoms with Gasteiger partial charge in [0, 0.05) is 21.2 Å². The number of fused-ring (bicyclic) bond motifs is 1. The number of aliphatic carboxylic acids is 1. The summed E-state index contributed by atoms with van der Waals surface area (Å²) in [6.45, 7) is 0. The number of halogens is 1. The summed E-state index contributed by atoms with van der Waals surface area (Å²) >= 11 is 7.45. The quantitative estimate of drug-likeness (QED) is 0.811. The predicted octanol–water partition coefficient (Wildman–Crippen LogP) is 3.65. The van der Waals surface area contributed by atoms with E-state index < -0.39 is 5.97 Å². The molecule has 0 aliphatic rings. The van der Waals surface area contributed by atoms with Crippen LogP contribution in [0.2, 0.25) is 5.02 Å². The van der Waals surface area contributed by atoms with Gasteiger partial charge in [-0.2, -0.15) is 0 Å². The van der Waals surface area contributed by atoms with Crippen molar-refractivity contribution < 1.29 is 9.90 Å². The van der Waals surface area contributed by atoms with E-state index in [2.05, 4.69) is 0 Å². The number of carbonyl (C=O) groups is 1. The summed E-state index contributed by atoms with van der Waals surface area (Å²) in [6.07, 6.45) is 2.71. The van der Waals surface area contributed by atoms with Crippen molar-refractivity contribution in [3.8, 4) is 0 Å². The van der Waals surface area contributed by atoms with Gasteiger partial charge in [-0.15, -0.1) is 11.3 Å². The maximum Gasteiger partial charge on any atom is 0.328 e. The number of hydrogen-bond donors (Lipinski definition) is 1. The molecule has 2 nitrogen and oxygen atoms in total. The van der Waals surface area contributed by atoms with E-state index in [0.29, 0.717) is 5.02 Å². The molecule has 2 aromatic rings. The van der Waals surface area contributed by atoms with Crippen LogP contribution in [0.15, 0.2) is 29.7 Å². The molecular formula is C11H7ClO2S. The largest absolute Gasteiger partial charge is 0.478 e. The third-order valence-corrected chi connectivity index (χ3v) is 3.19. The van der Waals surface area contributed by atoms with Gasteiger partial charge >= 0.3 is 5.97 Å². The molecule has 0 radical (unpaired) electrons. The van der Waals surface area contributed by atoms with Crippen LogP contribution in [0.25, 0.3) is 16.2 Å². The van der Waals surface area contributed by atoms with E-state index in [1.54, 1.807) is 17.4 Å². The molecule has 0 saturated carbocycles. The second kappa shape index (κ2) is 4.04. The summed E-state index contributed by atoms with van der Waals surface area (Å²) in [6, 6.07) is 5.60. The monoisotopic (exact) mass is 238 g/mol. The van der Waals surface area contributed by atoms with Crippen LogP contribution in [0.1, 0.15) is 5.56 Å². The fourth-order valence-corrected chi connectivity index (χ4v) is 2.39. The van der Waals surface area contributed by atoms with Crippen LogP contribution in [0, 0.1) is 0 Å². The smallest absolute Gasteiger partial charge is 0.328 e. The molecule has 15 heavy (non-hydrogen) atoms. The van der Waals surface area contributed by atoms with Gasteiger partial charge in [-0.3, -0.25) is 0 Å². The first-order valence-electron chi connectivity index (χ1n) is 4.24. The Morgan fingerprint density at radius 2 is 2.27 bits per heavy atom. The highest BCUT2D eigenvalue weighted by Gasteiger charge is 2.02. The Hall–Kier alpha value is -1.32. The van der Waals surface area contributed by atoms with Crippen LogP contribution >= 0.6 is 22.9 Å². The maximum atomic E-state index is 10.4. The van der Waals surface area contributed by atoms with Crippen LogP contribution in [0.3, 0.4) is 0 Å². The molecule has 1 N–H and O–H groups in total. The summed E-state index contributed by atoms with van der Waals surface area (Å²) in [4.78, 5) is 10.4. The van der Waals surface area contributed by atoms with Crippen molar-refractivity contribution in [3.63, 3.8) is 0 Å². The molecule has 0 bridgehead atoms. The highest BCUT2D eigenvalue weighted by molar-refractivity contribution is 7.17. The molecule has 0 atom stereocenters. The van der Waals surface area contributed by atoms with Crippen molar-refractivity contribution in [1.29, 1.82) is 0 Å². The molecule has 0 aliphatic carbocycles. The molecule has 0 fully saturated rings. The minimum Gasteiger partial charge on any atom is -0.478 e. The topological polar surface area (TPSA) is 37.3 Å². The number of benzene rings is 1. The third kappa shape index (κ3) is 2.19. The molecule has 0 saturated heterocycles. The fraction of sp³-hybridized carbons (Fsp3) is 0. The summed E-state index contributed by atoms with van der Waals surface area (Å²) in [5, 5.41) is 12.1. The molecule has 1 aromatic carbocycles. The zero-order valence-electron chi connectivity index (χ0n) is 7.61. The van der Waals surface area contributed by atoms with Crippen LogP contribution in [-0.4, -0.2) is 11.1 Å². The number of rotatable bonds is 2. The van der Waals surface area contributed by atoms with E-state index in [1.807, 2.05) is 23.6 Å². The molecular weight excluding hydrogens is 232 g/mol. The van der Waals surface area contributed by atoms with Gasteiger partial charge < -0.3 is 5.11 Å². The highest BCUT2D eigenvalue weighted by atomic mass is 35.5. The van der Waals surface area contributed by atoms with Gasteiger partial charge in [-0.05, 0) is 35.2 Å². The van der Waals surface area contributed by atoms with E-state index in [0.717, 1.165) is 21.7 Å². The fourth-order valence-electron chi connectivity index (χ4n) is 1.31. The molecule has 0 amide bonds. The van der Waals surface area contributed by atoms with Crippen molar-refractivity contribution in [3.05, 3.63) is 40.2 Å². The Kier molecular flexibility index (Phi) is 2.75. The van der Waals surface area contributed by atoms with Crippen molar-refractivity contribution in [2.75, 3.05) is 0 Å². The molecule has 2 rings (SSSR count). The Labute approximate surface area is 95.4 Å². The normalized spacial score (nSPS) is 11.3. The van der Waals surface area contributed by atoms with Crippen LogP contribution in [-0.2, 0) is 4.79 Å². The van der Waals surface area contributed by atoms with Gasteiger partial charge in [0.2, 0.25) is 0 Å². The minimum atomic E-state index is -0.948. The molecule has 4 heteroatoms. The molecule has 76 valence electrons. The van der Waals surface area contributed by atoms with Gasteiger partial charge in [-0.1, -0.05) is 11.6 Å². The molecule has 0 spiro atoms. The summed E-state index contributed by atoms with van der Waals surface area (Å²) < 4.78 is 1.10. The second-order valence-electron chi connectivity index (χ2n) is 3.00. The van der Waals surface area contributed by atoms with E-state index >= 15 is 0 Å². The second-order valence-corrected chi connectivity index (χ2v) is 4.35. The zero-order valence-corrected chi connectivity index (χ0v) is 9.18. The lowest BCUT2D eigenvalue weighted by Crippen LogP contribution is -1.84. The van der Waals surface area contributed by atoms with E-state index in [-0.39, 0.29) is 0 Å². The number of carboxylic acid groups (broad SMARTS) is 1. The average molecular weight is 239 g/mol. The standard InChI is InChI=1S/C11H7ClO2S/c12-8-2-3-10-9(5-8)7(6-15-10)1-4-11(13)14/h1-6H,(H,13,14). The van der Waals surface area contributed by atoms with Crippen LogP contribution in [0.5, 0.6) is 0 Å². The Morgan fingerprint density at radius 3 is 3.00 bits per heavy atom. The molecule has 0 aliphatic heterocycles. The zero-order chi connectivity index (χ0) is 10.8. The predicted molar refractivity (Wildman–Crippen MR) is 63.5 cm³/mol. The average Bonchev–Trinajstić information content (AvgIpc) is 2.57. The molecule has 0 unspecified atom stereocenters. The SMILES string of the molecule is O=C(O)C=Cc1csc2ccc(Cl)cc12. The van der Waals surface area contributed by atoms with Gasteiger partial charge in [0.25, 0.3) is 0 Å². The van der Waals surface area contributed by atoms with Crippen molar-refractivity contribution in [1.82, 2.24) is 0 Å². The van der Waals surface area contributed by atoms with Crippen molar-refractivity contribution in [2.45, 2.75) is 0 Å². The molecule has 1 aromatic heterocycles. The summed E-state index contributed by atoms with van der Waals surface area (Å²) in [5.74, 6) is -0.948. The minimum absolute atomic E-state index is 0.658. The number of hydrogen-bond acceptors (Lipinski definition) is 2. The Bertz CT molecular complexity index is 543. The Balaban J connectivity index is 2.52. The first-order valence-corrected chi connectivity index (χ1v) is 5.50.